The Bertz CT molecular complexity index is 1430. The molecule has 1 aliphatic carbocycles. The first-order valence-electron chi connectivity index (χ1n) is 11.5. The Balaban J connectivity index is 1.38. The minimum Gasteiger partial charge on any atom is -0.360 e. The van der Waals surface area contributed by atoms with Crippen molar-refractivity contribution >= 4 is 64.1 Å². The molecule has 1 saturated carbocycles. The lowest BCUT2D eigenvalue weighted by molar-refractivity contribution is -0.136. The van der Waals surface area contributed by atoms with Crippen LogP contribution in [-0.2, 0) is 19.2 Å². The number of imide groups is 2. The van der Waals surface area contributed by atoms with Gasteiger partial charge in [0.15, 0.2) is 11.6 Å². The molecule has 11 heteroatoms. The molecule has 9 nitrogen and oxygen atoms in total. The van der Waals surface area contributed by atoms with Gasteiger partial charge in [-0.2, -0.15) is 0 Å². The molecule has 4 amide bonds. The van der Waals surface area contributed by atoms with Crippen molar-refractivity contribution in [1.82, 2.24) is 10.2 Å². The van der Waals surface area contributed by atoms with Crippen molar-refractivity contribution in [2.24, 2.45) is 0 Å². The number of ketones is 2. The van der Waals surface area contributed by atoms with Gasteiger partial charge < -0.3 is 5.32 Å². The van der Waals surface area contributed by atoms with E-state index in [0.29, 0.717) is 15.6 Å². The summed E-state index contributed by atoms with van der Waals surface area (Å²) in [6, 6.07) is 8.49. The molecular formula is C26H19Cl2N3O6. The van der Waals surface area contributed by atoms with Crippen molar-refractivity contribution in [3.63, 3.8) is 0 Å². The Labute approximate surface area is 220 Å². The fraction of sp³-hybridized carbons (Fsp3) is 0.231. The Kier molecular flexibility index (Phi) is 6.43. The average Bonchev–Trinajstić information content (AvgIpc) is 3.11. The van der Waals surface area contributed by atoms with Crippen molar-refractivity contribution in [2.75, 3.05) is 5.32 Å². The van der Waals surface area contributed by atoms with Gasteiger partial charge in [0, 0.05) is 25.5 Å². The number of nitrogens with one attached hydrogen (secondary N) is 2. The zero-order chi connectivity index (χ0) is 26.4. The lowest BCUT2D eigenvalue weighted by Gasteiger charge is -2.27. The molecule has 2 aromatic rings. The Hall–Kier alpha value is -3.82. The van der Waals surface area contributed by atoms with E-state index >= 15 is 0 Å². The predicted octanol–water partition coefficient (Wildman–Crippen LogP) is 3.41. The lowest BCUT2D eigenvalue weighted by Crippen LogP contribution is -2.54. The monoisotopic (exact) mass is 539 g/mol. The topological polar surface area (TPSA) is 130 Å². The van der Waals surface area contributed by atoms with Crippen molar-refractivity contribution in [3.05, 3.63) is 74.9 Å². The van der Waals surface area contributed by atoms with E-state index in [-0.39, 0.29) is 48.1 Å². The van der Waals surface area contributed by atoms with E-state index in [0.717, 1.165) is 4.90 Å². The summed E-state index contributed by atoms with van der Waals surface area (Å²) in [5.41, 5.74) is 0.870. The largest absolute Gasteiger partial charge is 0.360 e. The third kappa shape index (κ3) is 4.34. The minimum atomic E-state index is -1.10. The molecular weight excluding hydrogens is 521 g/mol. The van der Waals surface area contributed by atoms with Gasteiger partial charge >= 0.3 is 0 Å². The van der Waals surface area contributed by atoms with Gasteiger partial charge in [-0.25, -0.2) is 0 Å². The molecule has 3 aliphatic rings. The Morgan fingerprint density at radius 2 is 1.62 bits per heavy atom. The van der Waals surface area contributed by atoms with Crippen LogP contribution in [-0.4, -0.2) is 46.1 Å². The van der Waals surface area contributed by atoms with E-state index < -0.39 is 47.2 Å². The van der Waals surface area contributed by atoms with Crippen LogP contribution < -0.4 is 10.6 Å². The fourth-order valence-corrected chi connectivity index (χ4v) is 5.36. The Morgan fingerprint density at radius 3 is 2.32 bits per heavy atom. The number of hydrogen-bond acceptors (Lipinski definition) is 7. The van der Waals surface area contributed by atoms with Gasteiger partial charge in [0.1, 0.15) is 6.04 Å². The second kappa shape index (κ2) is 9.57. The number of carbonyl (C=O) groups excluding carboxylic acids is 6. The molecule has 2 aliphatic heterocycles. The first kappa shape index (κ1) is 24.9. The summed E-state index contributed by atoms with van der Waals surface area (Å²) in [4.78, 5) is 76.6. The van der Waals surface area contributed by atoms with Gasteiger partial charge in [0.25, 0.3) is 11.8 Å². The number of allylic oxidation sites excluding steroid dienone is 1. The number of anilines is 1. The van der Waals surface area contributed by atoms with E-state index in [1.54, 1.807) is 24.3 Å². The quantitative estimate of drug-likeness (QED) is 0.346. The third-order valence-electron chi connectivity index (χ3n) is 6.73. The van der Waals surface area contributed by atoms with Gasteiger partial charge in [-0.3, -0.25) is 39.0 Å². The second-order valence-electron chi connectivity index (χ2n) is 8.97. The first-order chi connectivity index (χ1) is 17.7. The van der Waals surface area contributed by atoms with Gasteiger partial charge in [0.2, 0.25) is 11.8 Å². The molecule has 0 radical (unpaired) electrons. The molecule has 37 heavy (non-hydrogen) atoms. The number of benzene rings is 2. The van der Waals surface area contributed by atoms with Crippen molar-refractivity contribution < 1.29 is 28.8 Å². The number of Topliss-reactive ketones (excluding diaryl/α,β-unsaturated/α-hetero) is 2. The molecule has 0 aromatic heterocycles. The molecule has 1 atom stereocenters. The highest BCUT2D eigenvalue weighted by Gasteiger charge is 2.45. The number of rotatable bonds is 4. The second-order valence-corrected chi connectivity index (χ2v) is 9.76. The van der Waals surface area contributed by atoms with Crippen molar-refractivity contribution in [3.8, 4) is 0 Å². The third-order valence-corrected chi connectivity index (χ3v) is 7.56. The molecule has 2 aromatic carbocycles. The average molecular weight is 540 g/mol. The smallest absolute Gasteiger partial charge is 0.264 e. The normalized spacial score (nSPS) is 21.8. The van der Waals surface area contributed by atoms with Gasteiger partial charge in [-0.15, -0.1) is 0 Å². The molecule has 0 bridgehead atoms. The molecule has 1 saturated heterocycles. The number of piperidine rings is 1. The van der Waals surface area contributed by atoms with Crippen molar-refractivity contribution in [2.45, 2.75) is 37.6 Å². The van der Waals surface area contributed by atoms with E-state index in [1.807, 2.05) is 0 Å². The molecule has 188 valence electrons. The van der Waals surface area contributed by atoms with Gasteiger partial charge in [0.05, 0.1) is 32.4 Å². The number of amides is 4. The fourth-order valence-electron chi connectivity index (χ4n) is 4.90. The van der Waals surface area contributed by atoms with E-state index in [4.69, 9.17) is 23.2 Å². The van der Waals surface area contributed by atoms with Gasteiger partial charge in [-0.1, -0.05) is 41.4 Å². The Morgan fingerprint density at radius 1 is 0.919 bits per heavy atom. The number of nitrogens with zero attached hydrogens (tertiary/aromatic N) is 1. The summed E-state index contributed by atoms with van der Waals surface area (Å²) in [7, 11) is 0. The maximum Gasteiger partial charge on any atom is 0.264 e. The van der Waals surface area contributed by atoms with E-state index in [2.05, 4.69) is 10.6 Å². The highest BCUT2D eigenvalue weighted by Crippen LogP contribution is 2.38. The van der Waals surface area contributed by atoms with E-state index in [9.17, 15) is 28.8 Å². The number of halogens is 2. The van der Waals surface area contributed by atoms with Crippen LogP contribution >= 0.6 is 23.2 Å². The maximum atomic E-state index is 13.2. The van der Waals surface area contributed by atoms with Crippen LogP contribution in [0.25, 0.3) is 0 Å². The predicted molar refractivity (Wildman–Crippen MR) is 133 cm³/mol. The first-order valence-corrected chi connectivity index (χ1v) is 12.2. The highest BCUT2D eigenvalue weighted by molar-refractivity contribution is 6.42. The summed E-state index contributed by atoms with van der Waals surface area (Å²) in [6.07, 6.45) is 1.37. The molecule has 2 heterocycles. The molecule has 1 unspecified atom stereocenters. The highest BCUT2D eigenvalue weighted by atomic mass is 35.5. The van der Waals surface area contributed by atoms with Crippen molar-refractivity contribution in [1.29, 1.82) is 0 Å². The zero-order valence-electron chi connectivity index (χ0n) is 19.2. The summed E-state index contributed by atoms with van der Waals surface area (Å²) in [5, 5.41) is 5.63. The molecule has 0 spiro atoms. The lowest BCUT2D eigenvalue weighted by atomic mass is 9.80. The zero-order valence-corrected chi connectivity index (χ0v) is 20.7. The van der Waals surface area contributed by atoms with Gasteiger partial charge in [-0.05, 0) is 36.1 Å². The SMILES string of the molecule is O=C1CCC(N2C(=O)c3cccc(NC=C4C(=O)CC(c5cccc(Cl)c5Cl)CC4=O)c3C2=O)C(=O)N1. The maximum absolute atomic E-state index is 13.2. The number of hydrogen-bond donors (Lipinski definition) is 2. The summed E-state index contributed by atoms with van der Waals surface area (Å²) >= 11 is 12.4. The van der Waals surface area contributed by atoms with Crippen LogP contribution in [0.1, 0.15) is 57.9 Å². The standard InChI is InChI=1S/C26H19Cl2N3O6/c27-16-5-1-3-13(23(16)28)12-9-19(32)15(20(33)10-12)11-29-17-6-2-4-14-22(17)26(37)31(25(14)36)18-7-8-21(34)30-24(18)35/h1-6,11-12,18,29H,7-10H2,(H,30,34,35). The van der Waals surface area contributed by atoms with Crippen LogP contribution in [0, 0.1) is 0 Å². The van der Waals surface area contributed by atoms with Crippen LogP contribution in [0.5, 0.6) is 0 Å². The number of carbonyl (C=O) groups is 6. The van der Waals surface area contributed by atoms with Crippen LogP contribution in [0.15, 0.2) is 48.2 Å². The number of fused-ring (bicyclic) bond motifs is 1. The van der Waals surface area contributed by atoms with Crippen LogP contribution in [0.2, 0.25) is 10.0 Å². The summed E-state index contributed by atoms with van der Waals surface area (Å²) < 4.78 is 0. The van der Waals surface area contributed by atoms with Crippen LogP contribution in [0.3, 0.4) is 0 Å². The summed E-state index contributed by atoms with van der Waals surface area (Å²) in [5.74, 6) is -3.74. The molecule has 5 rings (SSSR count). The van der Waals surface area contributed by atoms with Crippen LogP contribution in [0.4, 0.5) is 5.69 Å². The molecule has 2 fully saturated rings. The minimum absolute atomic E-state index is 0.00658. The van der Waals surface area contributed by atoms with E-state index in [1.165, 1.54) is 18.3 Å². The molecule has 2 N–H and O–H groups in total. The summed E-state index contributed by atoms with van der Waals surface area (Å²) in [6.45, 7) is 0.